The van der Waals surface area contributed by atoms with Crippen molar-refractivity contribution in [3.8, 4) is 5.75 Å². The smallest absolute Gasteiger partial charge is 0.322 e. The minimum Gasteiger partial charge on any atom is -0.491 e. The molecule has 0 spiro atoms. The van der Waals surface area contributed by atoms with Gasteiger partial charge in [0.15, 0.2) is 0 Å². The second kappa shape index (κ2) is 9.78. The number of ether oxygens (including phenoxy) is 1. The van der Waals surface area contributed by atoms with Gasteiger partial charge in [0.05, 0.1) is 12.3 Å². The van der Waals surface area contributed by atoms with Crippen LogP contribution in [0.3, 0.4) is 0 Å². The molecule has 0 unspecified atom stereocenters. The van der Waals surface area contributed by atoms with Crippen molar-refractivity contribution in [1.29, 1.82) is 0 Å². The van der Waals surface area contributed by atoms with E-state index in [2.05, 4.69) is 22.8 Å². The van der Waals surface area contributed by atoms with Crippen molar-refractivity contribution in [3.63, 3.8) is 0 Å². The van der Waals surface area contributed by atoms with Gasteiger partial charge in [-0.25, -0.2) is 4.79 Å². The van der Waals surface area contributed by atoms with Gasteiger partial charge in [-0.1, -0.05) is 49.4 Å². The number of nitrogens with one attached hydrogen (secondary N) is 2. The molecule has 6 nitrogen and oxygen atoms in total. The number of para-hydroxylation sites is 2. The molecule has 1 fully saturated rings. The molecule has 3 amide bonds. The molecule has 1 aliphatic rings. The van der Waals surface area contributed by atoms with E-state index < -0.39 is 6.04 Å². The lowest BCUT2D eigenvalue weighted by atomic mass is 10.1. The van der Waals surface area contributed by atoms with Gasteiger partial charge in [-0.2, -0.15) is 0 Å². The van der Waals surface area contributed by atoms with Gasteiger partial charge in [-0.05, 0) is 37.0 Å². The number of aryl methyl sites for hydroxylation is 1. The lowest BCUT2D eigenvalue weighted by molar-refractivity contribution is -0.127. The first-order valence-electron chi connectivity index (χ1n) is 9.80. The zero-order chi connectivity index (χ0) is 19.8. The van der Waals surface area contributed by atoms with Crippen LogP contribution in [0.25, 0.3) is 0 Å². The topological polar surface area (TPSA) is 70.7 Å². The van der Waals surface area contributed by atoms with Gasteiger partial charge in [0.25, 0.3) is 0 Å². The van der Waals surface area contributed by atoms with Crippen LogP contribution in [-0.2, 0) is 11.2 Å². The molecule has 0 aliphatic carbocycles. The van der Waals surface area contributed by atoms with Crippen LogP contribution in [0.15, 0.2) is 54.6 Å². The van der Waals surface area contributed by atoms with Crippen LogP contribution in [0.4, 0.5) is 10.5 Å². The van der Waals surface area contributed by atoms with Crippen molar-refractivity contribution in [2.24, 2.45) is 0 Å². The summed E-state index contributed by atoms with van der Waals surface area (Å²) in [6, 6.07) is 17.0. The zero-order valence-corrected chi connectivity index (χ0v) is 16.2. The molecule has 1 aliphatic heterocycles. The van der Waals surface area contributed by atoms with Crippen molar-refractivity contribution in [2.45, 2.75) is 32.2 Å². The quantitative estimate of drug-likeness (QED) is 0.722. The Bertz CT molecular complexity index is 795. The Kier molecular flexibility index (Phi) is 6.89. The lowest BCUT2D eigenvalue weighted by Crippen LogP contribution is -2.57. The molecule has 6 heteroatoms. The average molecular weight is 381 g/mol. The molecule has 2 aromatic carbocycles. The van der Waals surface area contributed by atoms with Crippen LogP contribution in [0.1, 0.15) is 25.3 Å². The predicted molar refractivity (Wildman–Crippen MR) is 110 cm³/mol. The molecule has 1 saturated heterocycles. The van der Waals surface area contributed by atoms with E-state index in [4.69, 9.17) is 4.74 Å². The predicted octanol–water partition coefficient (Wildman–Crippen LogP) is 3.44. The largest absolute Gasteiger partial charge is 0.491 e. The van der Waals surface area contributed by atoms with Gasteiger partial charge >= 0.3 is 6.03 Å². The number of amides is 3. The van der Waals surface area contributed by atoms with Crippen LogP contribution in [0.2, 0.25) is 0 Å². The van der Waals surface area contributed by atoms with Crippen LogP contribution >= 0.6 is 0 Å². The zero-order valence-electron chi connectivity index (χ0n) is 16.2. The maximum absolute atomic E-state index is 12.7. The minimum atomic E-state index is -0.437. The molecule has 0 radical (unpaired) electrons. The Morgan fingerprint density at radius 2 is 1.93 bits per heavy atom. The number of carbonyl (C=O) groups is 2. The monoisotopic (exact) mass is 381 g/mol. The molecular formula is C22H27N3O3. The number of rotatable bonds is 7. The normalized spacial score (nSPS) is 16.4. The summed E-state index contributed by atoms with van der Waals surface area (Å²) in [5.41, 5.74) is 1.90. The molecule has 2 N–H and O–H groups in total. The van der Waals surface area contributed by atoms with Crippen molar-refractivity contribution < 1.29 is 14.3 Å². The van der Waals surface area contributed by atoms with Crippen LogP contribution in [-0.4, -0.2) is 42.6 Å². The highest BCUT2D eigenvalue weighted by atomic mass is 16.5. The maximum Gasteiger partial charge on any atom is 0.322 e. The van der Waals surface area contributed by atoms with Gasteiger partial charge in [-0.15, -0.1) is 0 Å². The second-order valence-electron chi connectivity index (χ2n) is 6.77. The number of urea groups is 1. The molecule has 2 aromatic rings. The minimum absolute atomic E-state index is 0.102. The first-order valence-corrected chi connectivity index (χ1v) is 9.80. The highest BCUT2D eigenvalue weighted by molar-refractivity contribution is 5.95. The van der Waals surface area contributed by atoms with Crippen molar-refractivity contribution in [3.05, 3.63) is 60.2 Å². The lowest BCUT2D eigenvalue weighted by Gasteiger charge is -2.34. The first kappa shape index (κ1) is 19.7. The summed E-state index contributed by atoms with van der Waals surface area (Å²) < 4.78 is 5.91. The molecular weight excluding hydrogens is 354 g/mol. The van der Waals surface area contributed by atoms with Gasteiger partial charge in [0.1, 0.15) is 11.8 Å². The van der Waals surface area contributed by atoms with E-state index >= 15 is 0 Å². The third-order valence-electron chi connectivity index (χ3n) is 4.82. The number of carbonyl (C=O) groups excluding carboxylic acids is 2. The maximum atomic E-state index is 12.7. The summed E-state index contributed by atoms with van der Waals surface area (Å²) in [7, 11) is 0. The number of benzene rings is 2. The number of hydrogen-bond donors (Lipinski definition) is 2. The highest BCUT2D eigenvalue weighted by Gasteiger charge is 2.31. The fourth-order valence-electron chi connectivity index (χ4n) is 3.35. The molecule has 1 heterocycles. The highest BCUT2D eigenvalue weighted by Crippen LogP contribution is 2.25. The Balaban J connectivity index is 1.57. The number of nitrogens with zero attached hydrogens (tertiary/aromatic N) is 1. The van der Waals surface area contributed by atoms with E-state index in [-0.39, 0.29) is 11.9 Å². The Morgan fingerprint density at radius 1 is 1.18 bits per heavy atom. The summed E-state index contributed by atoms with van der Waals surface area (Å²) in [5, 5.41) is 5.71. The number of anilines is 1. The summed E-state index contributed by atoms with van der Waals surface area (Å²) in [4.78, 5) is 26.3. The molecule has 148 valence electrons. The van der Waals surface area contributed by atoms with Gasteiger partial charge in [-0.3, -0.25) is 4.79 Å². The third-order valence-corrected chi connectivity index (χ3v) is 4.82. The standard InChI is InChI=1S/C22H27N3O3/c1-2-19-21(26)23-14-15-25(19)22(27)24-18-12-6-7-13-20(18)28-16-8-11-17-9-4-3-5-10-17/h3-7,9-10,12-13,19H,2,8,11,14-16H2,1H3,(H,23,26)(H,24,27)/t19-/m0/s1. The molecule has 0 saturated carbocycles. The van der Waals surface area contributed by atoms with E-state index in [0.29, 0.717) is 37.6 Å². The fourth-order valence-corrected chi connectivity index (χ4v) is 3.35. The summed E-state index contributed by atoms with van der Waals surface area (Å²) >= 11 is 0. The van der Waals surface area contributed by atoms with E-state index in [9.17, 15) is 9.59 Å². The summed E-state index contributed by atoms with van der Waals surface area (Å²) in [6.45, 7) is 3.43. The Hall–Kier alpha value is -3.02. The van der Waals surface area contributed by atoms with E-state index in [0.717, 1.165) is 12.8 Å². The van der Waals surface area contributed by atoms with Crippen molar-refractivity contribution >= 4 is 17.6 Å². The molecule has 0 aromatic heterocycles. The van der Waals surface area contributed by atoms with Crippen LogP contribution < -0.4 is 15.4 Å². The number of piperazine rings is 1. The van der Waals surface area contributed by atoms with Crippen molar-refractivity contribution in [2.75, 3.05) is 25.0 Å². The van der Waals surface area contributed by atoms with Gasteiger partial charge in [0, 0.05) is 13.1 Å². The summed E-state index contributed by atoms with van der Waals surface area (Å²) in [6.07, 6.45) is 2.41. The van der Waals surface area contributed by atoms with Crippen LogP contribution in [0.5, 0.6) is 5.75 Å². The third kappa shape index (κ3) is 5.03. The average Bonchev–Trinajstić information content (AvgIpc) is 2.73. The van der Waals surface area contributed by atoms with Gasteiger partial charge in [0.2, 0.25) is 5.91 Å². The Morgan fingerprint density at radius 3 is 2.71 bits per heavy atom. The molecule has 3 rings (SSSR count). The summed E-state index contributed by atoms with van der Waals surface area (Å²) in [5.74, 6) is 0.535. The fraction of sp³-hybridized carbons (Fsp3) is 0.364. The van der Waals surface area contributed by atoms with Gasteiger partial charge < -0.3 is 20.3 Å². The first-order chi connectivity index (χ1) is 13.7. The number of hydrogen-bond acceptors (Lipinski definition) is 3. The van der Waals surface area contributed by atoms with E-state index in [1.165, 1.54) is 5.56 Å². The van der Waals surface area contributed by atoms with Crippen molar-refractivity contribution in [1.82, 2.24) is 10.2 Å². The van der Waals surface area contributed by atoms with Crippen LogP contribution in [0, 0.1) is 0 Å². The molecule has 0 bridgehead atoms. The molecule has 1 atom stereocenters. The SMILES string of the molecule is CC[C@H]1C(=O)NCCN1C(=O)Nc1ccccc1OCCCc1ccccc1. The molecule has 28 heavy (non-hydrogen) atoms. The Labute approximate surface area is 165 Å². The van der Waals surface area contributed by atoms with E-state index in [1.54, 1.807) is 4.90 Å². The van der Waals surface area contributed by atoms with E-state index in [1.807, 2.05) is 49.4 Å². The second-order valence-corrected chi connectivity index (χ2v) is 6.77.